The molecule has 238 valence electrons. The van der Waals surface area contributed by atoms with Gasteiger partial charge in [0, 0.05) is 43.9 Å². The van der Waals surface area contributed by atoms with Gasteiger partial charge in [-0.2, -0.15) is 0 Å². The summed E-state index contributed by atoms with van der Waals surface area (Å²) in [6.07, 6.45) is 1.80. The van der Waals surface area contributed by atoms with E-state index in [1.54, 1.807) is 6.20 Å². The molecule has 0 radical (unpaired) electrons. The largest absolute Gasteiger partial charge is 0.453 e. The molecule has 4 aromatic heterocycles. The maximum atomic E-state index is 6.28. The van der Waals surface area contributed by atoms with E-state index in [1.165, 1.54) is 43.7 Å². The summed E-state index contributed by atoms with van der Waals surface area (Å²) in [6.45, 7) is 0. The maximum Gasteiger partial charge on any atom is 0.172 e. The fourth-order valence-electron chi connectivity index (χ4n) is 7.97. The number of furan rings is 1. The van der Waals surface area contributed by atoms with Crippen molar-refractivity contribution >= 4 is 65.7 Å². The van der Waals surface area contributed by atoms with Crippen LogP contribution in [0.4, 0.5) is 0 Å². The summed E-state index contributed by atoms with van der Waals surface area (Å²) < 4.78 is 11.0. The van der Waals surface area contributed by atoms with Crippen LogP contribution < -0.4 is 0 Å². The molecule has 0 aliphatic carbocycles. The van der Waals surface area contributed by atoms with Crippen LogP contribution in [0.2, 0.25) is 0 Å². The van der Waals surface area contributed by atoms with Gasteiger partial charge in [0.2, 0.25) is 0 Å². The molecular weight excluding hydrogens is 625 g/mol. The molecule has 11 rings (SSSR count). The second-order valence-corrected chi connectivity index (χ2v) is 13.0. The van der Waals surface area contributed by atoms with E-state index in [9.17, 15) is 0 Å². The van der Waals surface area contributed by atoms with Crippen LogP contribution in [0.15, 0.2) is 174 Å². The van der Waals surface area contributed by atoms with Gasteiger partial charge in [-0.25, -0.2) is 9.97 Å². The van der Waals surface area contributed by atoms with Crippen LogP contribution in [0.5, 0.6) is 0 Å². The molecule has 0 aliphatic heterocycles. The van der Waals surface area contributed by atoms with E-state index < -0.39 is 0 Å². The van der Waals surface area contributed by atoms with Crippen LogP contribution in [-0.2, 0) is 0 Å². The van der Waals surface area contributed by atoms with Crippen molar-refractivity contribution < 1.29 is 4.42 Å². The zero-order valence-corrected chi connectivity index (χ0v) is 27.4. The molecule has 51 heavy (non-hydrogen) atoms. The highest BCUT2D eigenvalue weighted by atomic mass is 16.3. The van der Waals surface area contributed by atoms with E-state index in [-0.39, 0.29) is 0 Å². The molecule has 0 saturated carbocycles. The first-order chi connectivity index (χ1) is 25.3. The minimum absolute atomic E-state index is 0.653. The fraction of sp³-hybridized carbons (Fsp3) is 0. The zero-order valence-electron chi connectivity index (χ0n) is 27.4. The van der Waals surface area contributed by atoms with Gasteiger partial charge in [-0.05, 0) is 65.7 Å². The highest BCUT2D eigenvalue weighted by Crippen LogP contribution is 2.39. The molecule has 0 fully saturated rings. The SMILES string of the molecule is c1ccc(-c2cccc3c2c2ccccc2n3-c2cccc(-c3ncc4oc5ccc(-n6c7ccccc7c7ccccc76)cc5c4n3)c2)cc1. The Kier molecular flexibility index (Phi) is 5.89. The van der Waals surface area contributed by atoms with Crippen molar-refractivity contribution in [3.8, 4) is 33.9 Å². The average molecular weight is 653 g/mol. The van der Waals surface area contributed by atoms with Crippen molar-refractivity contribution in [2.24, 2.45) is 0 Å². The molecule has 0 spiro atoms. The summed E-state index contributed by atoms with van der Waals surface area (Å²) in [5.41, 5.74) is 12.4. The molecule has 0 bridgehead atoms. The van der Waals surface area contributed by atoms with E-state index in [4.69, 9.17) is 14.4 Å². The Labute approximate surface area is 292 Å². The standard InChI is InChI=1S/C46H28N4O/c1-2-12-29(13-3-1)33-19-11-23-41-44(33)36-18-6-9-22-40(36)50(41)31-15-10-14-30(26-31)46-47-28-43-45(48-46)37-27-32(24-25-42(37)51-43)49-38-20-7-4-16-34(38)35-17-5-8-21-39(35)49/h1-28H. The lowest BCUT2D eigenvalue weighted by atomic mass is 9.99. The van der Waals surface area contributed by atoms with Gasteiger partial charge in [0.05, 0.1) is 28.3 Å². The van der Waals surface area contributed by atoms with E-state index in [2.05, 4.69) is 167 Å². The van der Waals surface area contributed by atoms with Gasteiger partial charge in [0.15, 0.2) is 11.4 Å². The summed E-state index contributed by atoms with van der Waals surface area (Å²) in [7, 11) is 0. The molecule has 0 aliphatic rings. The summed E-state index contributed by atoms with van der Waals surface area (Å²) in [5, 5.41) is 5.88. The highest BCUT2D eigenvalue weighted by molar-refractivity contribution is 6.16. The molecule has 0 saturated heterocycles. The molecule has 7 aromatic carbocycles. The van der Waals surface area contributed by atoms with Gasteiger partial charge >= 0.3 is 0 Å². The lowest BCUT2D eigenvalue weighted by molar-refractivity contribution is 0.666. The molecule has 5 nitrogen and oxygen atoms in total. The lowest BCUT2D eigenvalue weighted by Crippen LogP contribution is -1.96. The number of rotatable bonds is 4. The first-order valence-corrected chi connectivity index (χ1v) is 17.2. The molecule has 0 amide bonds. The van der Waals surface area contributed by atoms with E-state index in [0.717, 1.165) is 44.5 Å². The lowest BCUT2D eigenvalue weighted by Gasteiger charge is -2.10. The number of para-hydroxylation sites is 3. The van der Waals surface area contributed by atoms with Crippen molar-refractivity contribution in [3.63, 3.8) is 0 Å². The molecule has 0 N–H and O–H groups in total. The Balaban J connectivity index is 1.07. The van der Waals surface area contributed by atoms with Gasteiger partial charge in [-0.15, -0.1) is 0 Å². The van der Waals surface area contributed by atoms with Crippen molar-refractivity contribution in [2.75, 3.05) is 0 Å². The predicted octanol–water partition coefficient (Wildman–Crippen LogP) is 11.9. The van der Waals surface area contributed by atoms with Gasteiger partial charge in [-0.3, -0.25) is 0 Å². The summed E-state index contributed by atoms with van der Waals surface area (Å²) in [4.78, 5) is 9.97. The Morgan fingerprint density at radius 2 is 1.04 bits per heavy atom. The topological polar surface area (TPSA) is 48.8 Å². The van der Waals surface area contributed by atoms with E-state index in [1.807, 2.05) is 6.07 Å². The Bertz CT molecular complexity index is 3090. The number of hydrogen-bond acceptors (Lipinski definition) is 3. The number of fused-ring (bicyclic) bond motifs is 9. The van der Waals surface area contributed by atoms with Crippen LogP contribution >= 0.6 is 0 Å². The maximum absolute atomic E-state index is 6.28. The molecular formula is C46H28N4O. The molecule has 0 unspecified atom stereocenters. The Morgan fingerprint density at radius 3 is 1.82 bits per heavy atom. The third kappa shape index (κ3) is 4.15. The molecule has 4 heterocycles. The minimum atomic E-state index is 0.653. The monoisotopic (exact) mass is 652 g/mol. The second-order valence-electron chi connectivity index (χ2n) is 13.0. The summed E-state index contributed by atoms with van der Waals surface area (Å²) in [5.74, 6) is 0.653. The fourth-order valence-corrected chi connectivity index (χ4v) is 7.97. The predicted molar refractivity (Wildman–Crippen MR) is 209 cm³/mol. The number of benzene rings is 7. The van der Waals surface area contributed by atoms with E-state index >= 15 is 0 Å². The number of aromatic nitrogens is 4. The van der Waals surface area contributed by atoms with E-state index in [0.29, 0.717) is 11.4 Å². The van der Waals surface area contributed by atoms with Crippen LogP contribution in [0.1, 0.15) is 0 Å². The number of nitrogens with zero attached hydrogens (tertiary/aromatic N) is 4. The third-order valence-electron chi connectivity index (χ3n) is 10.2. The second kappa shape index (κ2) is 10.8. The van der Waals surface area contributed by atoms with Crippen LogP contribution in [0, 0.1) is 0 Å². The van der Waals surface area contributed by atoms with Crippen LogP contribution in [-0.4, -0.2) is 19.1 Å². The number of hydrogen-bond donors (Lipinski definition) is 0. The quantitative estimate of drug-likeness (QED) is 0.190. The smallest absolute Gasteiger partial charge is 0.172 e. The summed E-state index contributed by atoms with van der Waals surface area (Å²) in [6, 6.07) is 57.9. The average Bonchev–Trinajstić information content (AvgIpc) is 3.85. The zero-order chi connectivity index (χ0) is 33.5. The van der Waals surface area contributed by atoms with Gasteiger partial charge in [0.1, 0.15) is 11.1 Å². The van der Waals surface area contributed by atoms with Crippen LogP contribution in [0.25, 0.3) is 99.6 Å². The van der Waals surface area contributed by atoms with Gasteiger partial charge in [0.25, 0.3) is 0 Å². The first kappa shape index (κ1) is 27.9. The minimum Gasteiger partial charge on any atom is -0.453 e. The third-order valence-corrected chi connectivity index (χ3v) is 10.2. The van der Waals surface area contributed by atoms with Gasteiger partial charge < -0.3 is 13.6 Å². The molecule has 11 aromatic rings. The summed E-state index contributed by atoms with van der Waals surface area (Å²) >= 11 is 0. The van der Waals surface area contributed by atoms with Crippen molar-refractivity contribution in [1.29, 1.82) is 0 Å². The Hall–Kier alpha value is -6.98. The highest BCUT2D eigenvalue weighted by Gasteiger charge is 2.18. The molecule has 5 heteroatoms. The van der Waals surface area contributed by atoms with Gasteiger partial charge in [-0.1, -0.05) is 109 Å². The van der Waals surface area contributed by atoms with Crippen molar-refractivity contribution in [3.05, 3.63) is 170 Å². The Morgan fingerprint density at radius 1 is 0.431 bits per heavy atom. The first-order valence-electron chi connectivity index (χ1n) is 17.2. The van der Waals surface area contributed by atoms with Crippen molar-refractivity contribution in [1.82, 2.24) is 19.1 Å². The van der Waals surface area contributed by atoms with Crippen molar-refractivity contribution in [2.45, 2.75) is 0 Å². The van der Waals surface area contributed by atoms with Crippen LogP contribution in [0.3, 0.4) is 0 Å². The molecule has 0 atom stereocenters. The normalized spacial score (nSPS) is 11.9.